The summed E-state index contributed by atoms with van der Waals surface area (Å²) in [5.41, 5.74) is 0. The molecule has 0 aromatic heterocycles. The zero-order chi connectivity index (χ0) is 51.3. The van der Waals surface area contributed by atoms with Gasteiger partial charge in [-0.3, -0.25) is 14.2 Å². The van der Waals surface area contributed by atoms with Gasteiger partial charge in [0, 0.05) is 12.8 Å². The smallest absolute Gasteiger partial charge is 0.306 e. The second kappa shape index (κ2) is 50.6. The summed E-state index contributed by atoms with van der Waals surface area (Å²) in [7, 11) is 1.12. The van der Waals surface area contributed by atoms with Crippen molar-refractivity contribution in [2.45, 2.75) is 213 Å². The number of likely N-dealkylation sites (N-methyl/N-ethyl adjacent to an activating group) is 1. The van der Waals surface area contributed by atoms with Crippen LogP contribution < -0.4 is 4.89 Å². The van der Waals surface area contributed by atoms with Crippen molar-refractivity contribution in [1.29, 1.82) is 0 Å². The van der Waals surface area contributed by atoms with Crippen LogP contribution in [0.3, 0.4) is 0 Å². The third kappa shape index (κ3) is 54.0. The maximum Gasteiger partial charge on any atom is 0.306 e. The number of quaternary nitrogens is 1. The number of phosphoric acid groups is 1. The van der Waals surface area contributed by atoms with Crippen LogP contribution in [-0.2, 0) is 32.7 Å². The summed E-state index contributed by atoms with van der Waals surface area (Å²) >= 11 is 0. The molecule has 400 valence electrons. The van der Waals surface area contributed by atoms with E-state index in [9.17, 15) is 19.0 Å². The van der Waals surface area contributed by atoms with Crippen LogP contribution in [0.1, 0.15) is 206 Å². The van der Waals surface area contributed by atoms with Crippen molar-refractivity contribution >= 4 is 19.8 Å². The van der Waals surface area contributed by atoms with Crippen molar-refractivity contribution in [3.63, 3.8) is 0 Å². The Kier molecular flexibility index (Phi) is 48.2. The summed E-state index contributed by atoms with van der Waals surface area (Å²) in [5.74, 6) is -0.884. The second-order valence-electron chi connectivity index (χ2n) is 19.2. The Labute approximate surface area is 429 Å². The number of ether oxygens (including phenoxy) is 2. The Morgan fingerprint density at radius 2 is 0.814 bits per heavy atom. The lowest BCUT2D eigenvalue weighted by Gasteiger charge is -2.28. The van der Waals surface area contributed by atoms with Crippen molar-refractivity contribution in [3.8, 4) is 0 Å². The zero-order valence-electron chi connectivity index (χ0n) is 45.2. The number of rotatable bonds is 49. The fourth-order valence-electron chi connectivity index (χ4n) is 7.02. The van der Waals surface area contributed by atoms with E-state index in [-0.39, 0.29) is 26.1 Å². The van der Waals surface area contributed by atoms with Crippen LogP contribution in [0.4, 0.5) is 0 Å². The Morgan fingerprint density at radius 3 is 1.23 bits per heavy atom. The highest BCUT2D eigenvalue weighted by Gasteiger charge is 2.21. The number of nitrogens with zero attached hydrogens (tertiary/aromatic N) is 1. The molecule has 0 spiro atoms. The van der Waals surface area contributed by atoms with E-state index in [1.807, 2.05) is 21.1 Å². The molecular weight excluding hydrogens is 894 g/mol. The molecule has 0 saturated heterocycles. The van der Waals surface area contributed by atoms with Gasteiger partial charge in [-0.15, -0.1) is 0 Å². The van der Waals surface area contributed by atoms with E-state index >= 15 is 0 Å². The van der Waals surface area contributed by atoms with E-state index in [0.717, 1.165) is 96.3 Å². The third-order valence-corrected chi connectivity index (χ3v) is 12.2. The molecule has 0 rings (SSSR count). The molecule has 0 saturated carbocycles. The number of allylic oxidation sites excluding steroid dienone is 18. The summed E-state index contributed by atoms with van der Waals surface area (Å²) in [6.45, 7) is 4.06. The maximum atomic E-state index is 12.8. The van der Waals surface area contributed by atoms with Gasteiger partial charge in [0.1, 0.15) is 19.8 Å². The average Bonchev–Trinajstić information content (AvgIpc) is 3.32. The molecular formula is C60H102NO8P. The maximum absolute atomic E-state index is 12.8. The molecule has 0 aliphatic carbocycles. The summed E-state index contributed by atoms with van der Waals surface area (Å²) in [6, 6.07) is 0. The van der Waals surface area contributed by atoms with E-state index in [1.165, 1.54) is 70.6 Å². The van der Waals surface area contributed by atoms with Gasteiger partial charge in [-0.1, -0.05) is 200 Å². The summed E-state index contributed by atoms with van der Waals surface area (Å²) in [4.78, 5) is 37.8. The van der Waals surface area contributed by atoms with E-state index < -0.39 is 32.5 Å². The van der Waals surface area contributed by atoms with Crippen LogP contribution in [-0.4, -0.2) is 70.0 Å². The highest BCUT2D eigenvalue weighted by atomic mass is 31.2. The second-order valence-corrected chi connectivity index (χ2v) is 20.6. The van der Waals surface area contributed by atoms with E-state index in [2.05, 4.69) is 123 Å². The Bertz CT molecular complexity index is 1550. The Morgan fingerprint density at radius 1 is 0.457 bits per heavy atom. The molecule has 2 atom stereocenters. The first-order valence-electron chi connectivity index (χ1n) is 27.6. The van der Waals surface area contributed by atoms with Crippen molar-refractivity contribution in [1.82, 2.24) is 0 Å². The van der Waals surface area contributed by atoms with E-state index in [0.29, 0.717) is 23.9 Å². The predicted molar refractivity (Wildman–Crippen MR) is 295 cm³/mol. The summed E-state index contributed by atoms with van der Waals surface area (Å²) in [5, 5.41) is 0. The van der Waals surface area contributed by atoms with Crippen molar-refractivity contribution < 1.29 is 42.1 Å². The molecule has 0 aromatic carbocycles. The average molecular weight is 996 g/mol. The molecule has 0 aliphatic heterocycles. The van der Waals surface area contributed by atoms with Crippen LogP contribution in [0.2, 0.25) is 0 Å². The molecule has 10 heteroatoms. The van der Waals surface area contributed by atoms with Crippen molar-refractivity contribution in [2.75, 3.05) is 47.5 Å². The molecule has 0 aliphatic rings. The molecule has 0 N–H and O–H groups in total. The highest BCUT2D eigenvalue weighted by molar-refractivity contribution is 7.45. The molecule has 0 fully saturated rings. The van der Waals surface area contributed by atoms with E-state index in [1.54, 1.807) is 0 Å². The van der Waals surface area contributed by atoms with Crippen molar-refractivity contribution in [2.24, 2.45) is 0 Å². The SMILES string of the molecule is CC/C=C\C/C=C\C/C=C\C/C=C\C/C=C\C/C=C\C/C=C\CCCCCC(=O)OC(COC(=O)CCCCCCCCCCC/C=C\C/C=C\CCCCCCC)COP(=O)([O-])OCC[N+](C)(C)C. The number of hydrogen-bond donors (Lipinski definition) is 0. The zero-order valence-corrected chi connectivity index (χ0v) is 46.1. The predicted octanol–water partition coefficient (Wildman–Crippen LogP) is 16.4. The van der Waals surface area contributed by atoms with Gasteiger partial charge < -0.3 is 27.9 Å². The van der Waals surface area contributed by atoms with Gasteiger partial charge in [-0.2, -0.15) is 0 Å². The van der Waals surface area contributed by atoms with Gasteiger partial charge in [0.25, 0.3) is 7.82 Å². The number of carbonyl (C=O) groups is 2. The minimum Gasteiger partial charge on any atom is -0.756 e. The van der Waals surface area contributed by atoms with Crippen molar-refractivity contribution in [3.05, 3.63) is 109 Å². The lowest BCUT2D eigenvalue weighted by molar-refractivity contribution is -0.870. The fourth-order valence-corrected chi connectivity index (χ4v) is 7.75. The minimum atomic E-state index is -4.65. The Balaban J connectivity index is 4.33. The van der Waals surface area contributed by atoms with Crippen LogP contribution in [0, 0.1) is 0 Å². The van der Waals surface area contributed by atoms with Gasteiger partial charge in [-0.05, 0) is 103 Å². The highest BCUT2D eigenvalue weighted by Crippen LogP contribution is 2.38. The summed E-state index contributed by atoms with van der Waals surface area (Å²) in [6.07, 6.45) is 69.8. The van der Waals surface area contributed by atoms with Crippen LogP contribution in [0.5, 0.6) is 0 Å². The van der Waals surface area contributed by atoms with Crippen LogP contribution in [0.15, 0.2) is 109 Å². The fraction of sp³-hybridized carbons (Fsp3) is 0.667. The standard InChI is InChI=1S/C60H102NO8P/c1-6-8-10-12-14-16-18-20-22-24-26-28-29-30-31-33-35-37-39-41-43-45-47-49-51-53-60(63)69-58(57-68-70(64,65)67-55-54-61(3,4)5)56-66-59(62)52-50-48-46-44-42-40-38-36-34-32-27-25-23-21-19-17-15-13-11-9-7-2/h8,10,14,16,19-22,25-28,30-31,35,37,41,43,58H,6-7,9,11-13,15,17-18,23-24,29,32-34,36,38-40,42,44-57H2,1-5H3/b10-8-,16-14-,21-19-,22-20-,27-25-,28-26-,31-30-,37-35-,43-41-. The Hall–Kier alpha value is -3.33. The number of carbonyl (C=O) groups excluding carboxylic acids is 2. The molecule has 0 radical (unpaired) electrons. The summed E-state index contributed by atoms with van der Waals surface area (Å²) < 4.78 is 34.1. The number of phosphoric ester groups is 1. The molecule has 9 nitrogen and oxygen atoms in total. The third-order valence-electron chi connectivity index (χ3n) is 11.3. The van der Waals surface area contributed by atoms with Gasteiger partial charge in [0.15, 0.2) is 6.10 Å². The molecule has 2 unspecified atom stereocenters. The first-order valence-corrected chi connectivity index (χ1v) is 29.1. The monoisotopic (exact) mass is 996 g/mol. The lowest BCUT2D eigenvalue weighted by Crippen LogP contribution is -2.37. The molecule has 0 heterocycles. The topological polar surface area (TPSA) is 111 Å². The van der Waals surface area contributed by atoms with Crippen LogP contribution in [0.25, 0.3) is 0 Å². The first-order chi connectivity index (χ1) is 34.0. The number of unbranched alkanes of at least 4 members (excludes halogenated alkanes) is 17. The lowest BCUT2D eigenvalue weighted by atomic mass is 10.1. The minimum absolute atomic E-state index is 0.0446. The van der Waals surface area contributed by atoms with Gasteiger partial charge in [0.2, 0.25) is 0 Å². The van der Waals surface area contributed by atoms with Gasteiger partial charge in [0.05, 0.1) is 27.7 Å². The molecule has 0 amide bonds. The van der Waals surface area contributed by atoms with Gasteiger partial charge >= 0.3 is 11.9 Å². The number of hydrogen-bond acceptors (Lipinski definition) is 8. The van der Waals surface area contributed by atoms with Crippen LogP contribution >= 0.6 is 7.82 Å². The molecule has 0 aromatic rings. The normalized spacial score (nSPS) is 14.2. The first kappa shape index (κ1) is 66.7. The van der Waals surface area contributed by atoms with Gasteiger partial charge in [-0.25, -0.2) is 0 Å². The van der Waals surface area contributed by atoms with E-state index in [4.69, 9.17) is 18.5 Å². The largest absolute Gasteiger partial charge is 0.756 e. The quantitative estimate of drug-likeness (QED) is 0.0195. The molecule has 70 heavy (non-hydrogen) atoms. The molecule has 0 bridgehead atoms. The number of esters is 2.